The van der Waals surface area contributed by atoms with Crippen LogP contribution in [0.25, 0.3) is 0 Å². The van der Waals surface area contributed by atoms with Crippen LogP contribution in [0.3, 0.4) is 0 Å². The quantitative estimate of drug-likeness (QED) is 0.516. The number of rotatable bonds is 2. The average molecular weight is 247 g/mol. The topological polar surface area (TPSA) is 0 Å². The van der Waals surface area contributed by atoms with E-state index >= 15 is 0 Å². The zero-order valence-electron chi connectivity index (χ0n) is 5.54. The van der Waals surface area contributed by atoms with E-state index in [1.54, 1.807) is 0 Å². The molecule has 0 aliphatic heterocycles. The number of hydrogen-bond acceptors (Lipinski definition) is 0. The predicted molar refractivity (Wildman–Crippen MR) is 49.8 cm³/mol. The molecule has 50 valence electrons. The Balaban J connectivity index is 3.51. The van der Waals surface area contributed by atoms with E-state index in [2.05, 4.69) is 24.9 Å². The third kappa shape index (κ3) is 4.91. The van der Waals surface area contributed by atoms with Gasteiger partial charge in [-0.15, -0.1) is 0 Å². The van der Waals surface area contributed by atoms with Gasteiger partial charge in [-0.25, -0.2) is 0 Å². The van der Waals surface area contributed by atoms with Crippen molar-refractivity contribution in [3.8, 4) is 0 Å². The van der Waals surface area contributed by atoms with Crippen LogP contribution in [0.15, 0.2) is 9.66 Å². The van der Waals surface area contributed by atoms with Crippen LogP contribution in [0.2, 0.25) is 0 Å². The molecule has 0 bridgehead atoms. The molecule has 0 aromatic heterocycles. The van der Waals surface area contributed by atoms with Gasteiger partial charge in [0.25, 0.3) is 0 Å². The summed E-state index contributed by atoms with van der Waals surface area (Å²) in [5, 5.41) is 0. The minimum absolute atomic E-state index is 1.08. The van der Waals surface area contributed by atoms with Gasteiger partial charge in [-0.3, -0.25) is 0 Å². The molecule has 8 heavy (non-hydrogen) atoms. The molecule has 0 nitrogen and oxygen atoms in total. The number of allylic oxidation sites excluding steroid dienone is 1. The second-order valence-electron chi connectivity index (χ2n) is 1.79. The Morgan fingerprint density at radius 1 is 1.62 bits per heavy atom. The van der Waals surface area contributed by atoms with Gasteiger partial charge in [0, 0.05) is 0 Å². The van der Waals surface area contributed by atoms with Crippen molar-refractivity contribution in [1.82, 2.24) is 0 Å². The monoisotopic (exact) mass is 246 g/mol. The number of alkyl halides is 1. The van der Waals surface area contributed by atoms with E-state index in [4.69, 9.17) is 8.91 Å². The van der Waals surface area contributed by atoms with Gasteiger partial charge in [-0.1, -0.05) is 0 Å². The molecule has 0 aliphatic rings. The maximum atomic E-state index is 5.94. The molecule has 0 saturated heterocycles. The number of halogens is 2. The van der Waals surface area contributed by atoms with E-state index in [-0.39, 0.29) is 0 Å². The molecule has 0 radical (unpaired) electrons. The van der Waals surface area contributed by atoms with Crippen molar-refractivity contribution in [3.05, 3.63) is 9.66 Å². The third-order valence-electron chi connectivity index (χ3n) is 0.592. The molecule has 0 aromatic rings. The fourth-order valence-corrected chi connectivity index (χ4v) is 3.21. The minimum atomic E-state index is -1.08. The molecule has 0 fully saturated rings. The first-order valence-corrected chi connectivity index (χ1v) is 8.13. The summed E-state index contributed by atoms with van der Waals surface area (Å²) in [5.41, 5.74) is 1.37. The Labute approximate surface area is 62.4 Å². The first kappa shape index (κ1) is 8.76. The Morgan fingerprint density at radius 2 is 2.12 bits per heavy atom. The van der Waals surface area contributed by atoms with Gasteiger partial charge >= 0.3 is 62.5 Å². The Morgan fingerprint density at radius 3 is 2.25 bits per heavy atom. The van der Waals surface area contributed by atoms with E-state index in [9.17, 15) is 0 Å². The van der Waals surface area contributed by atoms with Crippen LogP contribution in [0.1, 0.15) is 20.8 Å². The molecular weight excluding hydrogens is 234 g/mol. The van der Waals surface area contributed by atoms with Gasteiger partial charge in [0.1, 0.15) is 0 Å². The molecule has 0 atom stereocenters. The Hall–Kier alpha value is 0.760. The van der Waals surface area contributed by atoms with Gasteiger partial charge in [0.2, 0.25) is 0 Å². The fraction of sp³-hybridized carbons (Fsp3) is 0.667. The molecule has 0 unspecified atom stereocenters. The van der Waals surface area contributed by atoms with Gasteiger partial charge in [0.15, 0.2) is 0 Å². The summed E-state index contributed by atoms with van der Waals surface area (Å²) in [4.78, 5) is 0. The molecule has 0 N–H and O–H groups in total. The molecule has 2 heteroatoms. The molecule has 0 spiro atoms. The van der Waals surface area contributed by atoms with Crippen LogP contribution >= 0.6 is 27.6 Å². The summed E-state index contributed by atoms with van der Waals surface area (Å²) in [6.07, 6.45) is 0. The van der Waals surface area contributed by atoms with Crippen LogP contribution < -0.4 is 0 Å². The second-order valence-corrected chi connectivity index (χ2v) is 8.33. The van der Waals surface area contributed by atoms with Gasteiger partial charge in [-0.05, 0) is 0 Å². The molecule has 0 amide bonds. The van der Waals surface area contributed by atoms with Crippen LogP contribution in [0.5, 0.6) is 0 Å². The van der Waals surface area contributed by atoms with Gasteiger partial charge < -0.3 is 0 Å². The first-order chi connectivity index (χ1) is 3.66. The zero-order valence-corrected chi connectivity index (χ0v) is 8.45. The van der Waals surface area contributed by atoms with Crippen molar-refractivity contribution < 1.29 is 0 Å². The van der Waals surface area contributed by atoms with Crippen molar-refractivity contribution in [2.75, 3.05) is 4.43 Å². The molecule has 0 rings (SSSR count). The SMILES string of the molecule is CCI(Cl)C=C(C)C. The molecule has 0 aliphatic carbocycles. The summed E-state index contributed by atoms with van der Waals surface area (Å²) >= 11 is -1.08. The average Bonchev–Trinajstić information content (AvgIpc) is 1.65. The van der Waals surface area contributed by atoms with E-state index < -0.39 is 18.7 Å². The van der Waals surface area contributed by atoms with Gasteiger partial charge in [-0.2, -0.15) is 0 Å². The van der Waals surface area contributed by atoms with Crippen molar-refractivity contribution in [3.63, 3.8) is 0 Å². The molecule has 0 saturated carbocycles. The maximum absolute atomic E-state index is 5.94. The molecule has 0 aromatic carbocycles. The standard InChI is InChI=1S/C6H12ClI/c1-4-8(7)5-6(2)3/h5H,4H2,1-3H3. The van der Waals surface area contributed by atoms with E-state index in [1.165, 1.54) is 10.0 Å². The van der Waals surface area contributed by atoms with Crippen LogP contribution in [-0.2, 0) is 0 Å². The van der Waals surface area contributed by atoms with Crippen LogP contribution in [-0.4, -0.2) is 4.43 Å². The second kappa shape index (κ2) is 4.62. The Kier molecular flexibility index (Phi) is 5.06. The van der Waals surface area contributed by atoms with E-state index in [1.807, 2.05) is 0 Å². The normalized spacial score (nSPS) is 10.8. The van der Waals surface area contributed by atoms with Crippen molar-refractivity contribution in [2.45, 2.75) is 20.8 Å². The summed E-state index contributed by atoms with van der Waals surface area (Å²) in [6.45, 7) is 6.35. The van der Waals surface area contributed by atoms with Crippen molar-refractivity contribution in [2.24, 2.45) is 0 Å². The van der Waals surface area contributed by atoms with E-state index in [0.29, 0.717) is 0 Å². The van der Waals surface area contributed by atoms with E-state index in [0.717, 1.165) is 0 Å². The summed E-state index contributed by atoms with van der Waals surface area (Å²) in [5.74, 6) is 0. The van der Waals surface area contributed by atoms with Crippen LogP contribution in [0, 0.1) is 0 Å². The molecular formula is C6H12ClI. The predicted octanol–water partition coefficient (Wildman–Crippen LogP) is 3.59. The Bertz CT molecular complexity index is 84.5. The molecule has 0 heterocycles. The summed E-state index contributed by atoms with van der Waals surface area (Å²) < 4.78 is 3.40. The zero-order chi connectivity index (χ0) is 6.57. The summed E-state index contributed by atoms with van der Waals surface area (Å²) in [6, 6.07) is 0. The van der Waals surface area contributed by atoms with Crippen molar-refractivity contribution >= 4 is 27.6 Å². The summed E-state index contributed by atoms with van der Waals surface area (Å²) in [7, 11) is 5.94. The first-order valence-electron chi connectivity index (χ1n) is 2.62. The van der Waals surface area contributed by atoms with Crippen LogP contribution in [0.4, 0.5) is 0 Å². The fourth-order valence-electron chi connectivity index (χ4n) is 0.314. The third-order valence-corrected chi connectivity index (χ3v) is 5.88. The van der Waals surface area contributed by atoms with Gasteiger partial charge in [0.05, 0.1) is 0 Å². The van der Waals surface area contributed by atoms with Crippen molar-refractivity contribution in [1.29, 1.82) is 0 Å². The number of hydrogen-bond donors (Lipinski definition) is 0.